The Hall–Kier alpha value is -0.120. The molecule has 1 N–H and O–H groups in total. The molecule has 0 radical (unpaired) electrons. The molecule has 0 aromatic rings. The highest BCUT2D eigenvalue weighted by Crippen LogP contribution is 1.81. The fourth-order valence-corrected chi connectivity index (χ4v) is 0.715. The van der Waals surface area contributed by atoms with E-state index in [0.29, 0.717) is 0 Å². The molecule has 0 fully saturated rings. The van der Waals surface area contributed by atoms with Gasteiger partial charge in [-0.1, -0.05) is 0 Å². The van der Waals surface area contributed by atoms with Crippen molar-refractivity contribution in [2.24, 2.45) is 0 Å². The first-order chi connectivity index (χ1) is 5.41. The summed E-state index contributed by atoms with van der Waals surface area (Å²) in [7, 11) is 1.94. The monoisotopic (exact) mass is 161 g/mol. The van der Waals surface area contributed by atoms with Gasteiger partial charge in [-0.15, -0.1) is 0 Å². The Morgan fingerprint density at radius 2 is 1.82 bits per heavy atom. The number of nitrogens with one attached hydrogen (secondary N) is 1. The van der Waals surface area contributed by atoms with E-state index in [2.05, 4.69) is 5.32 Å². The Morgan fingerprint density at radius 1 is 1.09 bits per heavy atom. The molecule has 0 aromatic carbocycles. The van der Waals surface area contributed by atoms with Crippen molar-refractivity contribution in [3.8, 4) is 0 Å². The smallest absolute Gasteiger partial charge is 0.0700 e. The van der Waals surface area contributed by atoms with Crippen LogP contribution >= 0.6 is 0 Å². The summed E-state index contributed by atoms with van der Waals surface area (Å²) < 4.78 is 10.4. The SMILES string of the molecule is CCOCCOCCCNC. The van der Waals surface area contributed by atoms with Crippen LogP contribution in [-0.4, -0.2) is 40.0 Å². The van der Waals surface area contributed by atoms with Gasteiger partial charge in [0.05, 0.1) is 13.2 Å². The third-order valence-electron chi connectivity index (χ3n) is 1.29. The van der Waals surface area contributed by atoms with E-state index in [0.717, 1.165) is 39.4 Å². The molecule has 11 heavy (non-hydrogen) atoms. The lowest BCUT2D eigenvalue weighted by Gasteiger charge is -2.03. The van der Waals surface area contributed by atoms with Crippen LogP contribution in [0.25, 0.3) is 0 Å². The maximum absolute atomic E-state index is 5.27. The molecule has 0 saturated carbocycles. The Labute approximate surface area is 69.1 Å². The van der Waals surface area contributed by atoms with Crippen molar-refractivity contribution in [1.29, 1.82) is 0 Å². The van der Waals surface area contributed by atoms with Crippen molar-refractivity contribution in [3.05, 3.63) is 0 Å². The molecule has 3 heteroatoms. The molecule has 0 atom stereocenters. The Kier molecular flexibility index (Phi) is 9.77. The summed E-state index contributed by atoms with van der Waals surface area (Å²) in [6.45, 7) is 6.05. The van der Waals surface area contributed by atoms with Gasteiger partial charge in [-0.05, 0) is 26.9 Å². The molecule has 0 aromatic heterocycles. The van der Waals surface area contributed by atoms with Crippen molar-refractivity contribution < 1.29 is 9.47 Å². The van der Waals surface area contributed by atoms with Crippen molar-refractivity contribution in [2.75, 3.05) is 40.0 Å². The number of rotatable bonds is 8. The minimum atomic E-state index is 0.718. The summed E-state index contributed by atoms with van der Waals surface area (Å²) in [6, 6.07) is 0. The molecule has 0 amide bonds. The third kappa shape index (κ3) is 9.88. The number of hydrogen-bond donors (Lipinski definition) is 1. The van der Waals surface area contributed by atoms with Gasteiger partial charge in [-0.2, -0.15) is 0 Å². The molecule has 0 aliphatic heterocycles. The van der Waals surface area contributed by atoms with Crippen LogP contribution in [0, 0.1) is 0 Å². The Morgan fingerprint density at radius 3 is 2.45 bits per heavy atom. The highest BCUT2D eigenvalue weighted by atomic mass is 16.5. The van der Waals surface area contributed by atoms with Gasteiger partial charge in [0, 0.05) is 13.2 Å². The molecule has 0 spiro atoms. The Bertz CT molecular complexity index is 61.1. The Balaban J connectivity index is 2.69. The molecule has 0 aliphatic rings. The normalized spacial score (nSPS) is 10.4. The predicted molar refractivity (Wildman–Crippen MR) is 45.9 cm³/mol. The maximum atomic E-state index is 5.27. The van der Waals surface area contributed by atoms with Gasteiger partial charge in [-0.3, -0.25) is 0 Å². The molecule has 0 unspecified atom stereocenters. The fraction of sp³-hybridized carbons (Fsp3) is 1.00. The van der Waals surface area contributed by atoms with Crippen LogP contribution < -0.4 is 5.32 Å². The summed E-state index contributed by atoms with van der Waals surface area (Å²) in [5.41, 5.74) is 0. The van der Waals surface area contributed by atoms with E-state index in [4.69, 9.17) is 9.47 Å². The summed E-state index contributed by atoms with van der Waals surface area (Å²) in [5, 5.41) is 3.06. The van der Waals surface area contributed by atoms with Crippen LogP contribution in [0.3, 0.4) is 0 Å². The highest BCUT2D eigenvalue weighted by Gasteiger charge is 1.87. The van der Waals surface area contributed by atoms with Crippen molar-refractivity contribution in [2.45, 2.75) is 13.3 Å². The average molecular weight is 161 g/mol. The molecule has 0 bridgehead atoms. The van der Waals surface area contributed by atoms with Gasteiger partial charge >= 0.3 is 0 Å². The fourth-order valence-electron chi connectivity index (χ4n) is 0.715. The summed E-state index contributed by atoms with van der Waals surface area (Å²) in [4.78, 5) is 0. The second-order valence-corrected chi connectivity index (χ2v) is 2.27. The standard InChI is InChI=1S/C8H19NO2/c1-3-10-7-8-11-6-4-5-9-2/h9H,3-8H2,1-2H3. The second kappa shape index (κ2) is 9.88. The van der Waals surface area contributed by atoms with Gasteiger partial charge in [0.2, 0.25) is 0 Å². The van der Waals surface area contributed by atoms with Gasteiger partial charge in [0.25, 0.3) is 0 Å². The van der Waals surface area contributed by atoms with Crippen LogP contribution in [0.1, 0.15) is 13.3 Å². The highest BCUT2D eigenvalue weighted by molar-refractivity contribution is 4.39. The van der Waals surface area contributed by atoms with E-state index >= 15 is 0 Å². The maximum Gasteiger partial charge on any atom is 0.0700 e. The van der Waals surface area contributed by atoms with Crippen molar-refractivity contribution >= 4 is 0 Å². The van der Waals surface area contributed by atoms with Gasteiger partial charge in [-0.25, -0.2) is 0 Å². The number of ether oxygens (including phenoxy) is 2. The molecule has 0 aliphatic carbocycles. The van der Waals surface area contributed by atoms with Crippen LogP contribution in [0.15, 0.2) is 0 Å². The summed E-state index contributed by atoms with van der Waals surface area (Å²) in [5.74, 6) is 0. The molecular weight excluding hydrogens is 142 g/mol. The van der Waals surface area contributed by atoms with Crippen LogP contribution in [0.2, 0.25) is 0 Å². The lowest BCUT2D eigenvalue weighted by atomic mass is 10.4. The van der Waals surface area contributed by atoms with Gasteiger partial charge < -0.3 is 14.8 Å². The molecule has 68 valence electrons. The molecule has 0 heterocycles. The van der Waals surface area contributed by atoms with E-state index in [1.165, 1.54) is 0 Å². The van der Waals surface area contributed by atoms with E-state index < -0.39 is 0 Å². The zero-order chi connectivity index (χ0) is 8.36. The first kappa shape index (κ1) is 10.9. The summed E-state index contributed by atoms with van der Waals surface area (Å²) in [6.07, 6.45) is 1.07. The topological polar surface area (TPSA) is 30.5 Å². The van der Waals surface area contributed by atoms with Crippen LogP contribution in [-0.2, 0) is 9.47 Å². The molecule has 0 rings (SSSR count). The zero-order valence-corrected chi connectivity index (χ0v) is 7.56. The molecule has 3 nitrogen and oxygen atoms in total. The average Bonchev–Trinajstić information content (AvgIpc) is 2.03. The van der Waals surface area contributed by atoms with E-state index in [1.807, 2.05) is 14.0 Å². The minimum absolute atomic E-state index is 0.718. The third-order valence-corrected chi connectivity index (χ3v) is 1.29. The number of hydrogen-bond acceptors (Lipinski definition) is 3. The summed E-state index contributed by atoms with van der Waals surface area (Å²) >= 11 is 0. The lowest BCUT2D eigenvalue weighted by molar-refractivity contribution is 0.0521. The lowest BCUT2D eigenvalue weighted by Crippen LogP contribution is -2.12. The van der Waals surface area contributed by atoms with Crippen LogP contribution in [0.4, 0.5) is 0 Å². The minimum Gasteiger partial charge on any atom is -0.379 e. The zero-order valence-electron chi connectivity index (χ0n) is 7.56. The van der Waals surface area contributed by atoms with E-state index in [1.54, 1.807) is 0 Å². The quantitative estimate of drug-likeness (QED) is 0.530. The first-order valence-electron chi connectivity index (χ1n) is 4.22. The van der Waals surface area contributed by atoms with Crippen LogP contribution in [0.5, 0.6) is 0 Å². The van der Waals surface area contributed by atoms with Gasteiger partial charge in [0.1, 0.15) is 0 Å². The van der Waals surface area contributed by atoms with Crippen molar-refractivity contribution in [3.63, 3.8) is 0 Å². The first-order valence-corrected chi connectivity index (χ1v) is 4.22. The second-order valence-electron chi connectivity index (χ2n) is 2.27. The van der Waals surface area contributed by atoms with E-state index in [-0.39, 0.29) is 0 Å². The molecule has 0 saturated heterocycles. The van der Waals surface area contributed by atoms with E-state index in [9.17, 15) is 0 Å². The van der Waals surface area contributed by atoms with Crippen molar-refractivity contribution in [1.82, 2.24) is 5.32 Å². The predicted octanol–water partition coefficient (Wildman–Crippen LogP) is 0.649. The largest absolute Gasteiger partial charge is 0.379 e. The molecular formula is C8H19NO2. The van der Waals surface area contributed by atoms with Gasteiger partial charge in [0.15, 0.2) is 0 Å².